The van der Waals surface area contributed by atoms with Gasteiger partial charge < -0.3 is 10.2 Å². The van der Waals surface area contributed by atoms with Crippen molar-refractivity contribution in [1.82, 2.24) is 10.3 Å². The van der Waals surface area contributed by atoms with Gasteiger partial charge in [-0.05, 0) is 29.7 Å². The molecule has 110 valence electrons. The van der Waals surface area contributed by atoms with Crippen molar-refractivity contribution in [1.29, 1.82) is 0 Å². The molecule has 3 heteroatoms. The average Bonchev–Trinajstić information content (AvgIpc) is 2.69. The summed E-state index contributed by atoms with van der Waals surface area (Å²) in [5.74, 6) is 0.616. The molecule has 1 aromatic heterocycles. The number of hydrogen-bond acceptors (Lipinski definition) is 3. The number of pyridine rings is 1. The first-order valence-electron chi connectivity index (χ1n) is 7.70. The van der Waals surface area contributed by atoms with Crippen molar-refractivity contribution in [3.63, 3.8) is 0 Å². The van der Waals surface area contributed by atoms with Gasteiger partial charge >= 0.3 is 0 Å². The molecule has 0 saturated carbocycles. The highest BCUT2D eigenvalue weighted by Gasteiger charge is 2.23. The van der Waals surface area contributed by atoms with E-state index in [1.165, 1.54) is 11.3 Å². The number of benzene rings is 1. The number of fused-ring (bicyclic) bond motifs is 1. The molecule has 1 unspecified atom stereocenters. The Kier molecular flexibility index (Phi) is 4.20. The van der Waals surface area contributed by atoms with E-state index in [4.69, 9.17) is 0 Å². The minimum atomic E-state index is 0.501. The van der Waals surface area contributed by atoms with Crippen LogP contribution in [0.4, 0.5) is 5.69 Å². The number of aromatic nitrogens is 1. The fraction of sp³-hybridized carbons (Fsp3) is 0.389. The van der Waals surface area contributed by atoms with Crippen LogP contribution in [0.25, 0.3) is 0 Å². The van der Waals surface area contributed by atoms with Crippen LogP contribution in [-0.4, -0.2) is 17.6 Å². The molecule has 3 nitrogen and oxygen atoms in total. The maximum atomic E-state index is 4.48. The van der Waals surface area contributed by atoms with E-state index in [1.807, 2.05) is 12.3 Å². The van der Waals surface area contributed by atoms with Gasteiger partial charge in [0.05, 0.1) is 12.2 Å². The van der Waals surface area contributed by atoms with Crippen LogP contribution < -0.4 is 10.2 Å². The smallest absolute Gasteiger partial charge is 0.0602 e. The molecule has 21 heavy (non-hydrogen) atoms. The first-order chi connectivity index (χ1) is 10.2. The van der Waals surface area contributed by atoms with Crippen LogP contribution in [0.2, 0.25) is 0 Å². The van der Waals surface area contributed by atoms with Gasteiger partial charge in [0.15, 0.2) is 0 Å². The van der Waals surface area contributed by atoms with Crippen molar-refractivity contribution >= 4 is 5.69 Å². The molecule has 0 saturated heterocycles. The topological polar surface area (TPSA) is 28.2 Å². The van der Waals surface area contributed by atoms with E-state index in [2.05, 4.69) is 65.4 Å². The van der Waals surface area contributed by atoms with Crippen molar-refractivity contribution in [2.45, 2.75) is 33.0 Å². The lowest BCUT2D eigenvalue weighted by Crippen LogP contribution is -2.41. The van der Waals surface area contributed by atoms with E-state index in [9.17, 15) is 0 Å². The van der Waals surface area contributed by atoms with Crippen LogP contribution in [-0.2, 0) is 13.1 Å². The van der Waals surface area contributed by atoms with Gasteiger partial charge in [-0.3, -0.25) is 4.98 Å². The summed E-state index contributed by atoms with van der Waals surface area (Å²) < 4.78 is 0. The maximum Gasteiger partial charge on any atom is 0.0602 e. The van der Waals surface area contributed by atoms with Gasteiger partial charge in [0, 0.05) is 31.0 Å². The zero-order valence-corrected chi connectivity index (χ0v) is 12.8. The molecule has 1 aliphatic heterocycles. The van der Waals surface area contributed by atoms with Crippen LogP contribution >= 0.6 is 0 Å². The first-order valence-corrected chi connectivity index (χ1v) is 7.70. The van der Waals surface area contributed by atoms with Crippen molar-refractivity contribution in [3.8, 4) is 0 Å². The molecule has 3 rings (SSSR count). The lowest BCUT2D eigenvalue weighted by molar-refractivity contribution is 0.403. The number of hydrogen-bond donors (Lipinski definition) is 1. The summed E-state index contributed by atoms with van der Waals surface area (Å²) in [6.45, 7) is 7.39. The molecule has 0 bridgehead atoms. The van der Waals surface area contributed by atoms with Crippen molar-refractivity contribution in [2.24, 2.45) is 5.92 Å². The molecular formula is C18H23N3. The minimum absolute atomic E-state index is 0.501. The number of nitrogens with one attached hydrogen (secondary N) is 1. The van der Waals surface area contributed by atoms with E-state index in [1.54, 1.807) is 0 Å². The standard InChI is InChI=1S/C18H23N3/c1-14(2)17-13-21(12-16-8-5-6-10-19-16)18-9-4-3-7-15(18)11-20-17/h3-10,14,17,20H,11-13H2,1-2H3. The molecule has 1 N–H and O–H groups in total. The van der Waals surface area contributed by atoms with E-state index < -0.39 is 0 Å². The van der Waals surface area contributed by atoms with E-state index in [-0.39, 0.29) is 0 Å². The van der Waals surface area contributed by atoms with E-state index in [0.717, 1.165) is 25.3 Å². The quantitative estimate of drug-likeness (QED) is 0.936. The van der Waals surface area contributed by atoms with Crippen LogP contribution in [0.15, 0.2) is 48.7 Å². The van der Waals surface area contributed by atoms with Gasteiger partial charge in [-0.25, -0.2) is 0 Å². The third kappa shape index (κ3) is 3.24. The third-order valence-corrected chi connectivity index (χ3v) is 4.19. The van der Waals surface area contributed by atoms with Gasteiger partial charge in [0.25, 0.3) is 0 Å². The Hall–Kier alpha value is -1.87. The van der Waals surface area contributed by atoms with Gasteiger partial charge in [-0.15, -0.1) is 0 Å². The number of nitrogens with zero attached hydrogens (tertiary/aromatic N) is 2. The molecule has 0 radical (unpaired) electrons. The fourth-order valence-electron chi connectivity index (χ4n) is 2.89. The van der Waals surface area contributed by atoms with Crippen LogP contribution in [0.1, 0.15) is 25.1 Å². The monoisotopic (exact) mass is 281 g/mol. The number of anilines is 1. The fourth-order valence-corrected chi connectivity index (χ4v) is 2.89. The molecule has 2 heterocycles. The molecule has 2 aromatic rings. The zero-order valence-electron chi connectivity index (χ0n) is 12.8. The summed E-state index contributed by atoms with van der Waals surface area (Å²) in [6, 6.07) is 15.3. The third-order valence-electron chi connectivity index (χ3n) is 4.19. The molecule has 1 aliphatic rings. The predicted molar refractivity (Wildman–Crippen MR) is 87.2 cm³/mol. The van der Waals surface area contributed by atoms with Crippen LogP contribution in [0.3, 0.4) is 0 Å². The average molecular weight is 281 g/mol. The summed E-state index contributed by atoms with van der Waals surface area (Å²) in [5, 5.41) is 3.69. The number of rotatable bonds is 3. The normalized spacial score (nSPS) is 18.4. The van der Waals surface area contributed by atoms with Gasteiger partial charge in [-0.2, -0.15) is 0 Å². The van der Waals surface area contributed by atoms with E-state index in [0.29, 0.717) is 12.0 Å². The summed E-state index contributed by atoms with van der Waals surface area (Å²) in [4.78, 5) is 6.94. The summed E-state index contributed by atoms with van der Waals surface area (Å²) in [6.07, 6.45) is 1.87. The molecule has 1 atom stereocenters. The highest BCUT2D eigenvalue weighted by Crippen LogP contribution is 2.26. The second kappa shape index (κ2) is 6.27. The lowest BCUT2D eigenvalue weighted by atomic mass is 10.0. The molecule has 1 aromatic carbocycles. The predicted octanol–water partition coefficient (Wildman–Crippen LogP) is 3.22. The Morgan fingerprint density at radius 2 is 2.00 bits per heavy atom. The van der Waals surface area contributed by atoms with Crippen molar-refractivity contribution in [2.75, 3.05) is 11.4 Å². The molecular weight excluding hydrogens is 258 g/mol. The van der Waals surface area contributed by atoms with E-state index >= 15 is 0 Å². The molecule has 0 fully saturated rings. The zero-order chi connectivity index (χ0) is 14.7. The van der Waals surface area contributed by atoms with Crippen molar-refractivity contribution < 1.29 is 0 Å². The molecule has 0 amide bonds. The first kappa shape index (κ1) is 14.1. The molecule has 0 spiro atoms. The summed E-state index contributed by atoms with van der Waals surface area (Å²) >= 11 is 0. The highest BCUT2D eigenvalue weighted by atomic mass is 15.2. The van der Waals surface area contributed by atoms with Crippen molar-refractivity contribution in [3.05, 3.63) is 59.9 Å². The Bertz CT molecular complexity index is 580. The Morgan fingerprint density at radius 1 is 1.19 bits per heavy atom. The summed E-state index contributed by atoms with van der Waals surface area (Å²) in [5.41, 5.74) is 3.83. The largest absolute Gasteiger partial charge is 0.364 e. The van der Waals surface area contributed by atoms with Gasteiger partial charge in [-0.1, -0.05) is 38.1 Å². The lowest BCUT2D eigenvalue weighted by Gasteiger charge is -2.29. The second-order valence-electron chi connectivity index (χ2n) is 6.06. The van der Waals surface area contributed by atoms with Crippen LogP contribution in [0, 0.1) is 5.92 Å². The minimum Gasteiger partial charge on any atom is -0.364 e. The molecule has 0 aliphatic carbocycles. The van der Waals surface area contributed by atoms with Gasteiger partial charge in [0.1, 0.15) is 0 Å². The second-order valence-corrected chi connectivity index (χ2v) is 6.06. The number of para-hydroxylation sites is 1. The van der Waals surface area contributed by atoms with Crippen LogP contribution in [0.5, 0.6) is 0 Å². The Balaban J connectivity index is 1.90. The Morgan fingerprint density at radius 3 is 2.76 bits per heavy atom. The summed E-state index contributed by atoms with van der Waals surface area (Å²) in [7, 11) is 0. The Labute approximate surface area is 127 Å². The SMILES string of the molecule is CC(C)C1CN(Cc2ccccn2)c2ccccc2CN1. The van der Waals surface area contributed by atoms with Gasteiger partial charge in [0.2, 0.25) is 0 Å². The maximum absolute atomic E-state index is 4.48. The highest BCUT2D eigenvalue weighted by molar-refractivity contribution is 5.54.